The molecule has 0 radical (unpaired) electrons. The third kappa shape index (κ3) is 4.78. The Balaban J connectivity index is 1.35. The summed E-state index contributed by atoms with van der Waals surface area (Å²) < 4.78 is 0.944. The van der Waals surface area contributed by atoms with Crippen molar-refractivity contribution in [2.45, 2.75) is 25.7 Å². The molecule has 2 aliphatic heterocycles. The Labute approximate surface area is 179 Å². The van der Waals surface area contributed by atoms with Gasteiger partial charge in [-0.15, -0.1) is 0 Å². The van der Waals surface area contributed by atoms with E-state index in [9.17, 15) is 9.59 Å². The zero-order chi connectivity index (χ0) is 20.2. The highest BCUT2D eigenvalue weighted by Gasteiger charge is 2.26. The number of carbonyl (C=O) groups is 2. The molecule has 4 rings (SSSR count). The molecule has 0 unspecified atom stereocenters. The highest BCUT2D eigenvalue weighted by atomic mass is 79.9. The molecule has 0 saturated carbocycles. The summed E-state index contributed by atoms with van der Waals surface area (Å²) in [5.74, 6) is 0.962. The van der Waals surface area contributed by atoms with Crippen LogP contribution >= 0.6 is 15.9 Å². The van der Waals surface area contributed by atoms with Gasteiger partial charge in [-0.1, -0.05) is 22.0 Å². The molecule has 2 fully saturated rings. The lowest BCUT2D eigenvalue weighted by Gasteiger charge is -2.32. The number of nitrogens with zero attached hydrogens (tertiary/aromatic N) is 3. The van der Waals surface area contributed by atoms with E-state index in [1.54, 1.807) is 12.3 Å². The Bertz CT molecular complexity index is 890. The van der Waals surface area contributed by atoms with Gasteiger partial charge in [0.05, 0.1) is 0 Å². The largest absolute Gasteiger partial charge is 0.357 e. The van der Waals surface area contributed by atoms with E-state index < -0.39 is 0 Å². The number of hydrogen-bond donors (Lipinski definition) is 1. The fraction of sp³-hybridized carbons (Fsp3) is 0.409. The lowest BCUT2D eigenvalue weighted by Crippen LogP contribution is -2.38. The van der Waals surface area contributed by atoms with E-state index >= 15 is 0 Å². The molecule has 0 aliphatic carbocycles. The van der Waals surface area contributed by atoms with Crippen LogP contribution in [-0.2, 0) is 4.79 Å². The molecule has 2 amide bonds. The van der Waals surface area contributed by atoms with Crippen LogP contribution in [0, 0.1) is 5.92 Å². The second-order valence-corrected chi connectivity index (χ2v) is 8.58. The van der Waals surface area contributed by atoms with Crippen LogP contribution in [0.1, 0.15) is 36.0 Å². The number of likely N-dealkylation sites (tertiary alicyclic amines) is 1. The monoisotopic (exact) mass is 456 g/mol. The number of nitrogens with one attached hydrogen (secondary N) is 1. The number of halogens is 1. The van der Waals surface area contributed by atoms with E-state index in [1.807, 2.05) is 35.2 Å². The smallest absolute Gasteiger partial charge is 0.254 e. The average Bonchev–Trinajstić information content (AvgIpc) is 3.28. The van der Waals surface area contributed by atoms with Crippen LogP contribution in [0.2, 0.25) is 0 Å². The van der Waals surface area contributed by atoms with Crippen LogP contribution in [0.15, 0.2) is 47.1 Å². The third-order valence-electron chi connectivity index (χ3n) is 5.67. The SMILES string of the molecule is O=C(Nc1cccc(Br)c1)C1CCN(c2cc(C(=O)N3CCCC3)ccn2)CC1. The second-order valence-electron chi connectivity index (χ2n) is 7.66. The predicted octanol–water partition coefficient (Wildman–Crippen LogP) is 3.94. The summed E-state index contributed by atoms with van der Waals surface area (Å²) in [6.07, 6.45) is 5.42. The van der Waals surface area contributed by atoms with Crippen LogP contribution in [-0.4, -0.2) is 47.9 Å². The van der Waals surface area contributed by atoms with Gasteiger partial charge in [-0.3, -0.25) is 9.59 Å². The van der Waals surface area contributed by atoms with Crippen LogP contribution in [0.4, 0.5) is 11.5 Å². The molecular weight excluding hydrogens is 432 g/mol. The fourth-order valence-corrected chi connectivity index (χ4v) is 4.41. The summed E-state index contributed by atoms with van der Waals surface area (Å²) in [5.41, 5.74) is 1.51. The van der Waals surface area contributed by atoms with Crippen molar-refractivity contribution >= 4 is 39.2 Å². The third-order valence-corrected chi connectivity index (χ3v) is 6.16. The Morgan fingerprint density at radius 3 is 2.52 bits per heavy atom. The second kappa shape index (κ2) is 8.95. The standard InChI is InChI=1S/C22H25BrN4O2/c23-18-4-3-5-19(15-18)25-21(28)16-7-12-26(13-8-16)20-14-17(6-9-24-20)22(29)27-10-1-2-11-27/h3-6,9,14-16H,1-2,7-8,10-13H2,(H,25,28). The minimum Gasteiger partial charge on any atom is -0.357 e. The van der Waals surface area contributed by atoms with Gasteiger partial charge >= 0.3 is 0 Å². The number of anilines is 2. The molecule has 0 spiro atoms. The first-order valence-electron chi connectivity index (χ1n) is 10.2. The Kier molecular flexibility index (Phi) is 6.13. The first-order valence-corrected chi connectivity index (χ1v) is 11.0. The number of aromatic nitrogens is 1. The highest BCUT2D eigenvalue weighted by Crippen LogP contribution is 2.25. The van der Waals surface area contributed by atoms with E-state index in [2.05, 4.69) is 31.1 Å². The molecule has 3 heterocycles. The Morgan fingerprint density at radius 1 is 1.03 bits per heavy atom. The predicted molar refractivity (Wildman–Crippen MR) is 117 cm³/mol. The minimum atomic E-state index is -0.0142. The van der Waals surface area contributed by atoms with Gasteiger partial charge in [0, 0.05) is 54.0 Å². The van der Waals surface area contributed by atoms with Crippen LogP contribution in [0.25, 0.3) is 0 Å². The number of piperidine rings is 1. The van der Waals surface area contributed by atoms with E-state index in [4.69, 9.17) is 0 Å². The molecule has 1 aromatic heterocycles. The summed E-state index contributed by atoms with van der Waals surface area (Å²) >= 11 is 3.43. The minimum absolute atomic E-state index is 0.0142. The van der Waals surface area contributed by atoms with Gasteiger partial charge in [0.25, 0.3) is 5.91 Å². The quantitative estimate of drug-likeness (QED) is 0.756. The molecule has 0 bridgehead atoms. The number of pyridine rings is 1. The summed E-state index contributed by atoms with van der Waals surface area (Å²) in [5, 5.41) is 3.01. The molecule has 6 nitrogen and oxygen atoms in total. The van der Waals surface area contributed by atoms with E-state index in [1.165, 1.54) is 0 Å². The van der Waals surface area contributed by atoms with Crippen molar-refractivity contribution in [3.8, 4) is 0 Å². The molecule has 29 heavy (non-hydrogen) atoms. The highest BCUT2D eigenvalue weighted by molar-refractivity contribution is 9.10. The number of hydrogen-bond acceptors (Lipinski definition) is 4. The molecule has 152 valence electrons. The summed E-state index contributed by atoms with van der Waals surface area (Å²) in [7, 11) is 0. The van der Waals surface area contributed by atoms with Gasteiger partial charge in [-0.2, -0.15) is 0 Å². The number of carbonyl (C=O) groups excluding carboxylic acids is 2. The van der Waals surface area contributed by atoms with Gasteiger partial charge in [0.1, 0.15) is 5.82 Å². The molecule has 1 aromatic carbocycles. The van der Waals surface area contributed by atoms with Crippen LogP contribution in [0.5, 0.6) is 0 Å². The number of rotatable bonds is 4. The molecule has 0 atom stereocenters. The number of benzene rings is 1. The zero-order valence-corrected chi connectivity index (χ0v) is 17.9. The topological polar surface area (TPSA) is 65.5 Å². The van der Waals surface area contributed by atoms with Crippen molar-refractivity contribution in [2.75, 3.05) is 36.4 Å². The first kappa shape index (κ1) is 19.9. The Hall–Kier alpha value is -2.41. The average molecular weight is 457 g/mol. The van der Waals surface area contributed by atoms with Crippen molar-refractivity contribution in [1.82, 2.24) is 9.88 Å². The van der Waals surface area contributed by atoms with E-state index in [0.717, 1.165) is 67.8 Å². The van der Waals surface area contributed by atoms with Gasteiger partial charge in [-0.05, 0) is 56.0 Å². The summed E-state index contributed by atoms with van der Waals surface area (Å²) in [6.45, 7) is 3.19. The van der Waals surface area contributed by atoms with Gasteiger partial charge in [-0.25, -0.2) is 4.98 Å². The lowest BCUT2D eigenvalue weighted by molar-refractivity contribution is -0.120. The maximum atomic E-state index is 12.6. The molecule has 1 N–H and O–H groups in total. The number of amides is 2. The van der Waals surface area contributed by atoms with Gasteiger partial charge in [0.2, 0.25) is 5.91 Å². The van der Waals surface area contributed by atoms with E-state index in [0.29, 0.717) is 5.56 Å². The Morgan fingerprint density at radius 2 is 1.79 bits per heavy atom. The van der Waals surface area contributed by atoms with Gasteiger partial charge in [0.15, 0.2) is 0 Å². The molecular formula is C22H25BrN4O2. The van der Waals surface area contributed by atoms with Crippen molar-refractivity contribution in [2.24, 2.45) is 5.92 Å². The van der Waals surface area contributed by atoms with Crippen molar-refractivity contribution in [1.29, 1.82) is 0 Å². The van der Waals surface area contributed by atoms with Crippen LogP contribution in [0.3, 0.4) is 0 Å². The normalized spacial score (nSPS) is 17.4. The van der Waals surface area contributed by atoms with Crippen molar-refractivity contribution in [3.63, 3.8) is 0 Å². The van der Waals surface area contributed by atoms with Crippen molar-refractivity contribution < 1.29 is 9.59 Å². The summed E-state index contributed by atoms with van der Waals surface area (Å²) in [4.78, 5) is 33.8. The summed E-state index contributed by atoms with van der Waals surface area (Å²) in [6, 6.07) is 11.3. The first-order chi connectivity index (χ1) is 14.1. The van der Waals surface area contributed by atoms with Crippen molar-refractivity contribution in [3.05, 3.63) is 52.6 Å². The fourth-order valence-electron chi connectivity index (χ4n) is 4.01. The molecule has 2 aromatic rings. The van der Waals surface area contributed by atoms with Gasteiger partial charge < -0.3 is 15.1 Å². The molecule has 7 heteroatoms. The van der Waals surface area contributed by atoms with Crippen LogP contribution < -0.4 is 10.2 Å². The molecule has 2 aliphatic rings. The maximum Gasteiger partial charge on any atom is 0.254 e. The maximum absolute atomic E-state index is 12.6. The molecule has 2 saturated heterocycles. The van der Waals surface area contributed by atoms with E-state index in [-0.39, 0.29) is 17.7 Å². The zero-order valence-electron chi connectivity index (χ0n) is 16.3. The lowest BCUT2D eigenvalue weighted by atomic mass is 9.95.